The van der Waals surface area contributed by atoms with Crippen molar-refractivity contribution < 1.29 is 4.79 Å². The Labute approximate surface area is 119 Å². The Morgan fingerprint density at radius 1 is 1.35 bits per heavy atom. The molecule has 0 aromatic carbocycles. The van der Waals surface area contributed by atoms with Gasteiger partial charge in [0, 0.05) is 38.4 Å². The summed E-state index contributed by atoms with van der Waals surface area (Å²) in [6, 6.07) is 0. The second-order valence-corrected chi connectivity index (χ2v) is 5.87. The van der Waals surface area contributed by atoms with Gasteiger partial charge in [-0.1, -0.05) is 0 Å². The van der Waals surface area contributed by atoms with Gasteiger partial charge in [0.2, 0.25) is 5.91 Å². The maximum absolute atomic E-state index is 12.2. The fourth-order valence-electron chi connectivity index (χ4n) is 3.02. The smallest absolute Gasteiger partial charge is 0.225 e. The van der Waals surface area contributed by atoms with Crippen LogP contribution in [0.25, 0.3) is 0 Å². The van der Waals surface area contributed by atoms with Crippen LogP contribution >= 0.6 is 0 Å². The van der Waals surface area contributed by atoms with Crippen molar-refractivity contribution in [1.29, 1.82) is 0 Å². The first-order valence-corrected chi connectivity index (χ1v) is 7.54. The van der Waals surface area contributed by atoms with Gasteiger partial charge in [0.05, 0.1) is 5.69 Å². The Balaban J connectivity index is 1.63. The van der Waals surface area contributed by atoms with E-state index in [1.807, 2.05) is 7.05 Å². The third-order valence-electron chi connectivity index (χ3n) is 4.25. The zero-order valence-corrected chi connectivity index (χ0v) is 12.0. The molecular weight excluding hydrogens is 252 g/mol. The quantitative estimate of drug-likeness (QED) is 0.908. The second kappa shape index (κ2) is 5.77. The summed E-state index contributed by atoms with van der Waals surface area (Å²) in [5.41, 5.74) is 1.01. The minimum atomic E-state index is 0.332. The first kappa shape index (κ1) is 13.3. The maximum atomic E-state index is 12.2. The number of hydrogen-bond acceptors (Lipinski definition) is 4. The monoisotopic (exact) mass is 274 g/mol. The van der Waals surface area contributed by atoms with Crippen molar-refractivity contribution >= 4 is 11.7 Å². The van der Waals surface area contributed by atoms with Crippen molar-refractivity contribution in [1.82, 2.24) is 14.9 Å². The van der Waals surface area contributed by atoms with Crippen molar-refractivity contribution in [3.63, 3.8) is 0 Å². The zero-order chi connectivity index (χ0) is 13.9. The van der Waals surface area contributed by atoms with Crippen LogP contribution in [0.1, 0.15) is 31.4 Å². The molecule has 2 heterocycles. The van der Waals surface area contributed by atoms with Gasteiger partial charge in [-0.3, -0.25) is 9.78 Å². The van der Waals surface area contributed by atoms with Crippen molar-refractivity contribution in [2.75, 3.05) is 25.5 Å². The molecule has 1 aromatic rings. The minimum Gasteiger partial charge on any atom is -0.372 e. The van der Waals surface area contributed by atoms with Gasteiger partial charge in [0.1, 0.15) is 5.82 Å². The largest absolute Gasteiger partial charge is 0.372 e. The molecule has 1 saturated carbocycles. The van der Waals surface area contributed by atoms with E-state index in [2.05, 4.69) is 20.2 Å². The van der Waals surface area contributed by atoms with Crippen LogP contribution < -0.4 is 5.32 Å². The molecule has 2 fully saturated rings. The van der Waals surface area contributed by atoms with Crippen LogP contribution in [0.15, 0.2) is 12.4 Å². The molecule has 5 heteroatoms. The summed E-state index contributed by atoms with van der Waals surface area (Å²) in [6.45, 7) is 1.82. The third kappa shape index (κ3) is 2.92. The fraction of sp³-hybridized carbons (Fsp3) is 0.667. The number of rotatable bonds is 4. The van der Waals surface area contributed by atoms with Crippen LogP contribution in [-0.4, -0.2) is 40.9 Å². The maximum Gasteiger partial charge on any atom is 0.225 e. The van der Waals surface area contributed by atoms with Crippen molar-refractivity contribution in [2.24, 2.45) is 11.8 Å². The highest BCUT2D eigenvalue weighted by atomic mass is 16.2. The number of likely N-dealkylation sites (tertiary alicyclic amines) is 1. The van der Waals surface area contributed by atoms with E-state index in [-0.39, 0.29) is 0 Å². The Morgan fingerprint density at radius 2 is 2.15 bits per heavy atom. The molecule has 1 aromatic heterocycles. The Hall–Kier alpha value is -1.65. The summed E-state index contributed by atoms with van der Waals surface area (Å²) in [5.74, 6) is 2.08. The molecule has 1 unspecified atom stereocenters. The van der Waals surface area contributed by atoms with Crippen LogP contribution in [0.4, 0.5) is 5.82 Å². The number of carbonyl (C=O) groups excluding carboxylic acids is 1. The molecule has 0 radical (unpaired) electrons. The molecule has 108 valence electrons. The summed E-state index contributed by atoms with van der Waals surface area (Å²) < 4.78 is 0. The van der Waals surface area contributed by atoms with Gasteiger partial charge in [0.25, 0.3) is 0 Å². The Kier molecular flexibility index (Phi) is 3.85. The highest BCUT2D eigenvalue weighted by Crippen LogP contribution is 2.33. The van der Waals surface area contributed by atoms with E-state index in [1.165, 1.54) is 6.42 Å². The molecule has 3 rings (SSSR count). The summed E-state index contributed by atoms with van der Waals surface area (Å²) in [4.78, 5) is 23.0. The number of aromatic nitrogens is 2. The minimum absolute atomic E-state index is 0.332. The van der Waals surface area contributed by atoms with Crippen molar-refractivity contribution in [3.05, 3.63) is 18.1 Å². The summed E-state index contributed by atoms with van der Waals surface area (Å²) >= 11 is 0. The topological polar surface area (TPSA) is 58.1 Å². The molecule has 0 bridgehead atoms. The normalized spacial score (nSPS) is 22.6. The molecular formula is C15H22N4O. The number of hydrogen-bond donors (Lipinski definition) is 1. The predicted molar refractivity (Wildman–Crippen MR) is 77.3 cm³/mol. The molecule has 0 spiro atoms. The van der Waals surface area contributed by atoms with Crippen LogP contribution in [0, 0.1) is 11.8 Å². The lowest BCUT2D eigenvalue weighted by Crippen LogP contribution is -2.41. The van der Waals surface area contributed by atoms with Gasteiger partial charge in [0.15, 0.2) is 0 Å². The lowest BCUT2D eigenvalue weighted by atomic mass is 9.93. The van der Waals surface area contributed by atoms with Gasteiger partial charge >= 0.3 is 0 Å². The van der Waals surface area contributed by atoms with Crippen LogP contribution in [0.5, 0.6) is 0 Å². The summed E-state index contributed by atoms with van der Waals surface area (Å²) in [6.07, 6.45) is 8.82. The van der Waals surface area contributed by atoms with E-state index in [0.717, 1.165) is 50.3 Å². The standard InChI is InChI=1S/C15H22N4O/c1-16-14-13(17-6-7-18-14)9-11-3-2-8-19(10-11)15(20)12-4-5-12/h6-7,11-12H,2-5,8-10H2,1H3,(H,16,18). The highest BCUT2D eigenvalue weighted by Gasteiger charge is 2.35. The number of nitrogens with one attached hydrogen (secondary N) is 1. The van der Waals surface area contributed by atoms with Gasteiger partial charge in [-0.15, -0.1) is 0 Å². The molecule has 1 amide bonds. The third-order valence-corrected chi connectivity index (χ3v) is 4.25. The molecule has 1 atom stereocenters. The first-order chi connectivity index (χ1) is 9.78. The summed E-state index contributed by atoms with van der Waals surface area (Å²) in [7, 11) is 1.87. The predicted octanol–water partition coefficient (Wildman–Crippen LogP) is 1.71. The summed E-state index contributed by atoms with van der Waals surface area (Å²) in [5, 5.41) is 3.09. The molecule has 1 N–H and O–H groups in total. The van der Waals surface area contributed by atoms with Gasteiger partial charge in [-0.2, -0.15) is 0 Å². The molecule has 5 nitrogen and oxygen atoms in total. The molecule has 1 aliphatic carbocycles. The Morgan fingerprint density at radius 3 is 2.90 bits per heavy atom. The SMILES string of the molecule is CNc1nccnc1CC1CCCN(C(=O)C2CC2)C1. The van der Waals surface area contributed by atoms with Gasteiger partial charge in [-0.05, 0) is 38.0 Å². The van der Waals surface area contributed by atoms with E-state index in [0.29, 0.717) is 17.7 Å². The van der Waals surface area contributed by atoms with E-state index >= 15 is 0 Å². The average molecular weight is 274 g/mol. The molecule has 1 aliphatic heterocycles. The number of anilines is 1. The fourth-order valence-corrected chi connectivity index (χ4v) is 3.02. The van der Waals surface area contributed by atoms with Gasteiger partial charge in [-0.25, -0.2) is 4.98 Å². The van der Waals surface area contributed by atoms with E-state index < -0.39 is 0 Å². The van der Waals surface area contributed by atoms with Crippen molar-refractivity contribution in [3.8, 4) is 0 Å². The van der Waals surface area contributed by atoms with E-state index in [1.54, 1.807) is 12.4 Å². The molecule has 1 saturated heterocycles. The van der Waals surface area contributed by atoms with Crippen LogP contribution in [0.3, 0.4) is 0 Å². The van der Waals surface area contributed by atoms with Crippen molar-refractivity contribution in [2.45, 2.75) is 32.1 Å². The number of carbonyl (C=O) groups is 1. The number of piperidine rings is 1. The second-order valence-electron chi connectivity index (χ2n) is 5.87. The number of nitrogens with zero attached hydrogens (tertiary/aromatic N) is 3. The molecule has 2 aliphatic rings. The highest BCUT2D eigenvalue weighted by molar-refractivity contribution is 5.81. The average Bonchev–Trinajstić information content (AvgIpc) is 3.32. The number of amides is 1. The van der Waals surface area contributed by atoms with Gasteiger partial charge < -0.3 is 10.2 Å². The lowest BCUT2D eigenvalue weighted by molar-refractivity contribution is -0.134. The molecule has 20 heavy (non-hydrogen) atoms. The zero-order valence-electron chi connectivity index (χ0n) is 12.0. The Bertz CT molecular complexity index is 487. The lowest BCUT2D eigenvalue weighted by Gasteiger charge is -2.33. The first-order valence-electron chi connectivity index (χ1n) is 7.54. The van der Waals surface area contributed by atoms with E-state index in [4.69, 9.17) is 0 Å². The van der Waals surface area contributed by atoms with Crippen LogP contribution in [0.2, 0.25) is 0 Å². The van der Waals surface area contributed by atoms with Crippen LogP contribution in [-0.2, 0) is 11.2 Å². The van der Waals surface area contributed by atoms with E-state index in [9.17, 15) is 4.79 Å².